The van der Waals surface area contributed by atoms with Gasteiger partial charge in [0.15, 0.2) is 0 Å². The van der Waals surface area contributed by atoms with E-state index in [0.717, 1.165) is 5.56 Å². The van der Waals surface area contributed by atoms with E-state index in [1.54, 1.807) is 18.4 Å². The molecule has 0 bridgehead atoms. The molecule has 2 rings (SSSR count). The number of benzene rings is 1. The van der Waals surface area contributed by atoms with Crippen LogP contribution in [0.25, 0.3) is 0 Å². The lowest BCUT2D eigenvalue weighted by Crippen LogP contribution is -2.22. The zero-order chi connectivity index (χ0) is 13.0. The van der Waals surface area contributed by atoms with Gasteiger partial charge in [-0.25, -0.2) is 0 Å². The second-order valence-electron chi connectivity index (χ2n) is 3.70. The van der Waals surface area contributed by atoms with Crippen molar-refractivity contribution in [2.24, 2.45) is 0 Å². The van der Waals surface area contributed by atoms with E-state index >= 15 is 0 Å². The number of ether oxygens (including phenoxy) is 1. The fourth-order valence-electron chi connectivity index (χ4n) is 1.49. The van der Waals surface area contributed by atoms with Crippen molar-refractivity contribution in [2.75, 3.05) is 7.11 Å². The van der Waals surface area contributed by atoms with Crippen LogP contribution >= 0.6 is 0 Å². The molecule has 5 nitrogen and oxygen atoms in total. The van der Waals surface area contributed by atoms with Gasteiger partial charge in [-0.15, -0.1) is 0 Å². The molecule has 0 unspecified atom stereocenters. The van der Waals surface area contributed by atoms with Crippen molar-refractivity contribution in [1.82, 2.24) is 5.32 Å². The number of rotatable bonds is 4. The molecule has 0 saturated heterocycles. The maximum Gasteiger partial charge on any atom is 0.255 e. The normalized spacial score (nSPS) is 10.1. The van der Waals surface area contributed by atoms with E-state index in [-0.39, 0.29) is 17.2 Å². The number of phenols is 1. The van der Waals surface area contributed by atoms with Gasteiger partial charge in [-0.05, 0) is 24.3 Å². The fourth-order valence-corrected chi connectivity index (χ4v) is 1.49. The van der Waals surface area contributed by atoms with Crippen LogP contribution < -0.4 is 10.1 Å². The first-order chi connectivity index (χ1) is 8.70. The predicted molar refractivity (Wildman–Crippen MR) is 64.5 cm³/mol. The number of carbonyl (C=O) groups excluding carboxylic acids is 1. The van der Waals surface area contributed by atoms with Crippen molar-refractivity contribution in [3.8, 4) is 11.5 Å². The zero-order valence-electron chi connectivity index (χ0n) is 9.84. The summed E-state index contributed by atoms with van der Waals surface area (Å²) in [5, 5.41) is 12.3. The van der Waals surface area contributed by atoms with Gasteiger partial charge in [0.1, 0.15) is 11.5 Å². The summed E-state index contributed by atoms with van der Waals surface area (Å²) < 4.78 is 9.90. The molecule has 1 aromatic carbocycles. The molecular weight excluding hydrogens is 234 g/mol. The van der Waals surface area contributed by atoms with Crippen LogP contribution in [0.4, 0.5) is 0 Å². The quantitative estimate of drug-likeness (QED) is 0.865. The number of hydrogen-bond acceptors (Lipinski definition) is 4. The maximum absolute atomic E-state index is 11.9. The summed E-state index contributed by atoms with van der Waals surface area (Å²) in [5.74, 6) is 0.0642. The molecule has 0 radical (unpaired) electrons. The number of amides is 1. The number of phenolic OH excluding ortho intramolecular Hbond substituents is 1. The Morgan fingerprint density at radius 1 is 1.44 bits per heavy atom. The van der Waals surface area contributed by atoms with Crippen molar-refractivity contribution < 1.29 is 19.1 Å². The van der Waals surface area contributed by atoms with Crippen molar-refractivity contribution in [3.05, 3.63) is 47.9 Å². The highest BCUT2D eigenvalue weighted by Gasteiger charge is 2.12. The number of aromatic hydroxyl groups is 1. The standard InChI is InChI=1S/C13H13NO4/c1-17-10-2-3-12(15)11(6-10)13(16)14-7-9-4-5-18-8-9/h2-6,8,15H,7H2,1H3,(H,14,16). The van der Waals surface area contributed by atoms with Gasteiger partial charge in [0.2, 0.25) is 0 Å². The molecule has 0 aliphatic rings. The molecule has 0 atom stereocenters. The third-order valence-corrected chi connectivity index (χ3v) is 2.48. The van der Waals surface area contributed by atoms with Gasteiger partial charge in [-0.2, -0.15) is 0 Å². The molecule has 0 aliphatic heterocycles. The summed E-state index contributed by atoms with van der Waals surface area (Å²) >= 11 is 0. The van der Waals surface area contributed by atoms with E-state index < -0.39 is 0 Å². The molecular formula is C13H13NO4. The van der Waals surface area contributed by atoms with E-state index in [4.69, 9.17) is 9.15 Å². The van der Waals surface area contributed by atoms with Crippen molar-refractivity contribution in [2.45, 2.75) is 6.54 Å². The monoisotopic (exact) mass is 247 g/mol. The minimum absolute atomic E-state index is 0.0829. The largest absolute Gasteiger partial charge is 0.507 e. The lowest BCUT2D eigenvalue weighted by Gasteiger charge is -2.07. The highest BCUT2D eigenvalue weighted by atomic mass is 16.5. The first-order valence-corrected chi connectivity index (χ1v) is 5.37. The number of nitrogens with one attached hydrogen (secondary N) is 1. The van der Waals surface area contributed by atoms with Crippen molar-refractivity contribution >= 4 is 5.91 Å². The summed E-state index contributed by atoms with van der Waals surface area (Å²) in [6.45, 7) is 0.339. The molecule has 2 N–H and O–H groups in total. The topological polar surface area (TPSA) is 71.7 Å². The Balaban J connectivity index is 2.08. The van der Waals surface area contributed by atoms with E-state index in [0.29, 0.717) is 12.3 Å². The Labute approximate surface area is 104 Å². The van der Waals surface area contributed by atoms with Crippen LogP contribution in [0.2, 0.25) is 0 Å². The average molecular weight is 247 g/mol. The Hall–Kier alpha value is -2.43. The second kappa shape index (κ2) is 5.27. The molecule has 94 valence electrons. The molecule has 0 saturated carbocycles. The van der Waals surface area contributed by atoms with Gasteiger partial charge in [0.25, 0.3) is 5.91 Å². The second-order valence-corrected chi connectivity index (χ2v) is 3.70. The van der Waals surface area contributed by atoms with E-state index in [1.807, 2.05) is 0 Å². The van der Waals surface area contributed by atoms with E-state index in [1.165, 1.54) is 25.5 Å². The third-order valence-electron chi connectivity index (χ3n) is 2.48. The van der Waals surface area contributed by atoms with Gasteiger partial charge >= 0.3 is 0 Å². The molecule has 5 heteroatoms. The van der Waals surface area contributed by atoms with Crippen LogP contribution in [-0.4, -0.2) is 18.1 Å². The minimum atomic E-state index is -0.368. The van der Waals surface area contributed by atoms with Crippen LogP contribution in [0.5, 0.6) is 11.5 Å². The fraction of sp³-hybridized carbons (Fsp3) is 0.154. The number of carbonyl (C=O) groups is 1. The maximum atomic E-state index is 11.9. The highest BCUT2D eigenvalue weighted by Crippen LogP contribution is 2.22. The van der Waals surface area contributed by atoms with Gasteiger partial charge < -0.3 is 19.6 Å². The first-order valence-electron chi connectivity index (χ1n) is 5.37. The van der Waals surface area contributed by atoms with Gasteiger partial charge in [0, 0.05) is 12.1 Å². The molecule has 0 aliphatic carbocycles. The smallest absolute Gasteiger partial charge is 0.255 e. The first kappa shape index (κ1) is 12.0. The van der Waals surface area contributed by atoms with Crippen molar-refractivity contribution in [3.63, 3.8) is 0 Å². The van der Waals surface area contributed by atoms with Crippen LogP contribution in [0.1, 0.15) is 15.9 Å². The van der Waals surface area contributed by atoms with Crippen LogP contribution in [0.3, 0.4) is 0 Å². The summed E-state index contributed by atoms with van der Waals surface area (Å²) in [7, 11) is 1.50. The van der Waals surface area contributed by atoms with E-state index in [9.17, 15) is 9.90 Å². The molecule has 0 fully saturated rings. The Morgan fingerprint density at radius 2 is 2.28 bits per heavy atom. The van der Waals surface area contributed by atoms with Crippen molar-refractivity contribution in [1.29, 1.82) is 0 Å². The Morgan fingerprint density at radius 3 is 2.94 bits per heavy atom. The summed E-state index contributed by atoms with van der Waals surface area (Å²) in [5.41, 5.74) is 1.03. The molecule has 1 amide bonds. The molecule has 1 aromatic heterocycles. The highest BCUT2D eigenvalue weighted by molar-refractivity contribution is 5.97. The van der Waals surface area contributed by atoms with Gasteiger partial charge in [0.05, 0.1) is 25.2 Å². The number of furan rings is 1. The number of methoxy groups -OCH3 is 1. The lowest BCUT2D eigenvalue weighted by molar-refractivity contribution is 0.0948. The SMILES string of the molecule is COc1ccc(O)c(C(=O)NCc2ccoc2)c1. The van der Waals surface area contributed by atoms with E-state index in [2.05, 4.69) is 5.32 Å². The van der Waals surface area contributed by atoms with Gasteiger partial charge in [-0.1, -0.05) is 0 Å². The lowest BCUT2D eigenvalue weighted by atomic mass is 10.1. The zero-order valence-corrected chi connectivity index (χ0v) is 9.84. The third kappa shape index (κ3) is 2.63. The van der Waals surface area contributed by atoms with Crippen LogP contribution in [0, 0.1) is 0 Å². The summed E-state index contributed by atoms with van der Waals surface area (Å²) in [6.07, 6.45) is 3.08. The predicted octanol–water partition coefficient (Wildman–Crippen LogP) is 1.92. The summed E-state index contributed by atoms with van der Waals surface area (Å²) in [4.78, 5) is 11.9. The summed E-state index contributed by atoms with van der Waals surface area (Å²) in [6, 6.07) is 6.25. The Kier molecular flexibility index (Phi) is 3.52. The molecule has 1 heterocycles. The van der Waals surface area contributed by atoms with Crippen LogP contribution in [-0.2, 0) is 6.54 Å². The minimum Gasteiger partial charge on any atom is -0.507 e. The molecule has 2 aromatic rings. The Bertz CT molecular complexity index is 534. The average Bonchev–Trinajstić information content (AvgIpc) is 2.89. The number of hydrogen-bond donors (Lipinski definition) is 2. The van der Waals surface area contributed by atoms with Gasteiger partial charge in [-0.3, -0.25) is 4.79 Å². The molecule has 18 heavy (non-hydrogen) atoms. The molecule has 0 spiro atoms. The van der Waals surface area contributed by atoms with Crippen LogP contribution in [0.15, 0.2) is 41.2 Å².